The molecular weight excluding hydrogens is 490 g/mol. The molecule has 0 aromatic heterocycles. The van der Waals surface area contributed by atoms with Gasteiger partial charge in [0.2, 0.25) is 0 Å². The van der Waals surface area contributed by atoms with Crippen molar-refractivity contribution in [2.75, 3.05) is 27.4 Å². The van der Waals surface area contributed by atoms with E-state index in [0.29, 0.717) is 42.1 Å². The fourth-order valence-corrected chi connectivity index (χ4v) is 5.34. The summed E-state index contributed by atoms with van der Waals surface area (Å²) in [7, 11) is 3.01. The predicted octanol–water partition coefficient (Wildman–Crippen LogP) is 5.04. The van der Waals surface area contributed by atoms with E-state index in [2.05, 4.69) is 27.7 Å². The van der Waals surface area contributed by atoms with Gasteiger partial charge in [-0.25, -0.2) is 0 Å². The van der Waals surface area contributed by atoms with Gasteiger partial charge in [-0.3, -0.25) is 4.79 Å². The molecule has 206 valence electrons. The number of methoxy groups -OCH3 is 2. The van der Waals surface area contributed by atoms with Crippen LogP contribution in [0, 0.1) is 11.8 Å². The van der Waals surface area contributed by atoms with Gasteiger partial charge in [0.25, 0.3) is 0 Å². The second-order valence-electron chi connectivity index (χ2n) is 9.60. The predicted molar refractivity (Wildman–Crippen MR) is 156 cm³/mol. The van der Waals surface area contributed by atoms with Crippen molar-refractivity contribution in [3.05, 3.63) is 42.0 Å². The third-order valence-corrected chi connectivity index (χ3v) is 8.06. The minimum absolute atomic E-state index is 0. The zero-order valence-electron chi connectivity index (χ0n) is 24.7. The Morgan fingerprint density at radius 1 is 0.789 bits per heavy atom. The van der Waals surface area contributed by atoms with E-state index in [1.54, 1.807) is 26.4 Å². The van der Waals surface area contributed by atoms with Crippen LogP contribution in [0.4, 0.5) is 0 Å². The van der Waals surface area contributed by atoms with Gasteiger partial charge >= 0.3 is 18.9 Å². The van der Waals surface area contributed by atoms with E-state index in [1.807, 2.05) is 24.3 Å². The molecule has 0 aliphatic rings. The molecule has 0 aliphatic carbocycles. The summed E-state index contributed by atoms with van der Waals surface area (Å²) < 4.78 is 23.5. The summed E-state index contributed by atoms with van der Waals surface area (Å²) in [4.78, 5) is 13.5. The molecule has 38 heavy (non-hydrogen) atoms. The van der Waals surface area contributed by atoms with Gasteiger partial charge < -0.3 is 18.9 Å². The first-order chi connectivity index (χ1) is 18.0. The van der Waals surface area contributed by atoms with E-state index in [0.717, 1.165) is 36.1 Å². The molecule has 3 atom stereocenters. The second kappa shape index (κ2) is 19.4. The number of benzene rings is 2. The molecule has 2 aromatic rings. The van der Waals surface area contributed by atoms with Crippen LogP contribution in [-0.2, 0) is 0 Å². The van der Waals surface area contributed by atoms with Gasteiger partial charge in [0.1, 0.15) is 28.6 Å². The molecule has 3 unspecified atom stereocenters. The van der Waals surface area contributed by atoms with Crippen LogP contribution in [0.25, 0.3) is 0 Å². The number of hydrogen-bond acceptors (Lipinski definition) is 5. The maximum atomic E-state index is 13.5. The van der Waals surface area contributed by atoms with Crippen molar-refractivity contribution in [2.24, 2.45) is 11.8 Å². The molecule has 0 saturated carbocycles. The van der Waals surface area contributed by atoms with E-state index in [9.17, 15) is 4.79 Å². The number of unbranched alkanes of at least 4 members (excludes halogenated alkanes) is 2. The Bertz CT molecular complexity index is 930. The number of ether oxygens (including phenoxy) is 4. The number of carbonyl (C=O) groups is 1. The summed E-state index contributed by atoms with van der Waals surface area (Å²) in [5.41, 5.74) is 0.421. The Labute approximate surface area is 244 Å². The quantitative estimate of drug-likeness (QED) is 0.186. The first-order valence-electron chi connectivity index (χ1n) is 13.9. The van der Waals surface area contributed by atoms with Crippen LogP contribution in [0.5, 0.6) is 23.0 Å². The van der Waals surface area contributed by atoms with Crippen molar-refractivity contribution in [1.82, 2.24) is 0 Å². The maximum absolute atomic E-state index is 13.5. The van der Waals surface area contributed by atoms with Crippen LogP contribution in [0.2, 0.25) is 0 Å². The Balaban J connectivity index is 0.00000722. The van der Waals surface area contributed by atoms with Crippen molar-refractivity contribution in [2.45, 2.75) is 79.1 Å². The molecule has 0 amide bonds. The fraction of sp³-hybridized carbons (Fsp3) is 0.581. The molecule has 0 aliphatic heterocycles. The second-order valence-corrected chi connectivity index (χ2v) is 10.8. The third kappa shape index (κ3) is 10.8. The van der Waals surface area contributed by atoms with E-state index < -0.39 is 0 Å². The minimum Gasteiger partial charge on any atom is -0.496 e. The van der Waals surface area contributed by atoms with Crippen LogP contribution >= 0.6 is 8.58 Å². The van der Waals surface area contributed by atoms with Gasteiger partial charge in [0.05, 0.1) is 27.4 Å². The van der Waals surface area contributed by atoms with E-state index >= 15 is 0 Å². The zero-order valence-corrected chi connectivity index (χ0v) is 25.7. The largest absolute Gasteiger partial charge is 1.00 e. The average Bonchev–Trinajstić information content (AvgIpc) is 2.93. The number of carbonyl (C=O) groups excluding carboxylic acids is 1. The topological polar surface area (TPSA) is 54.0 Å². The summed E-state index contributed by atoms with van der Waals surface area (Å²) in [5.74, 6) is 3.59. The molecule has 0 saturated heterocycles. The first-order valence-corrected chi connectivity index (χ1v) is 14.9. The Hall–Kier alpha value is -1.66. The number of hydrogen-bond donors (Lipinski definition) is 0. The average molecular weight is 538 g/mol. The molecule has 2 rings (SSSR count). The van der Waals surface area contributed by atoms with E-state index in [-0.39, 0.29) is 33.0 Å². The van der Waals surface area contributed by atoms with Crippen LogP contribution in [0.15, 0.2) is 36.4 Å². The van der Waals surface area contributed by atoms with Crippen molar-refractivity contribution < 1.29 is 42.6 Å². The molecule has 0 fully saturated rings. The van der Waals surface area contributed by atoms with Gasteiger partial charge in [0, 0.05) is 11.4 Å². The SMILES string of the molecule is CCCCC(CC)COc1ccc(PC(=O)c2c(OC)cccc2OC)c(OCC(CC)CCCC)c1.[Li+]. The van der Waals surface area contributed by atoms with Crippen molar-refractivity contribution in [3.8, 4) is 23.0 Å². The molecule has 7 heteroatoms. The smallest absolute Gasteiger partial charge is 0.496 e. The summed E-state index contributed by atoms with van der Waals surface area (Å²) in [6.45, 7) is 10.2. The zero-order chi connectivity index (χ0) is 27.0. The van der Waals surface area contributed by atoms with Gasteiger partial charge in [-0.1, -0.05) is 72.3 Å². The molecule has 0 N–H and O–H groups in total. The maximum Gasteiger partial charge on any atom is 1.00 e. The summed E-state index contributed by atoms with van der Waals surface area (Å²) in [5, 5.41) is 0.869. The van der Waals surface area contributed by atoms with Crippen LogP contribution < -0.4 is 43.1 Å². The minimum atomic E-state index is -0.127. The Kier molecular flexibility index (Phi) is 17.5. The Morgan fingerprint density at radius 3 is 1.84 bits per heavy atom. The monoisotopic (exact) mass is 537 g/mol. The summed E-state index contributed by atoms with van der Waals surface area (Å²) in [6, 6.07) is 11.3. The van der Waals surface area contributed by atoms with Gasteiger partial charge in [-0.15, -0.1) is 0 Å². The van der Waals surface area contributed by atoms with Gasteiger partial charge in [0.15, 0.2) is 5.52 Å². The Morgan fingerprint density at radius 2 is 1.34 bits per heavy atom. The normalized spacial score (nSPS) is 12.6. The first kappa shape index (κ1) is 34.4. The van der Waals surface area contributed by atoms with Crippen LogP contribution in [-0.4, -0.2) is 33.0 Å². The molecule has 0 radical (unpaired) electrons. The van der Waals surface area contributed by atoms with Crippen molar-refractivity contribution in [1.29, 1.82) is 0 Å². The molecule has 5 nitrogen and oxygen atoms in total. The molecule has 0 bridgehead atoms. The molecular formula is C31H47LiO5P+. The summed E-state index contributed by atoms with van der Waals surface area (Å²) in [6.07, 6.45) is 9.30. The van der Waals surface area contributed by atoms with Crippen LogP contribution in [0.1, 0.15) is 89.4 Å². The van der Waals surface area contributed by atoms with E-state index in [4.69, 9.17) is 18.9 Å². The van der Waals surface area contributed by atoms with Crippen LogP contribution in [0.3, 0.4) is 0 Å². The number of rotatable bonds is 19. The van der Waals surface area contributed by atoms with Gasteiger partial charge in [-0.05, 0) is 57.5 Å². The fourth-order valence-electron chi connectivity index (χ4n) is 4.29. The van der Waals surface area contributed by atoms with Crippen molar-refractivity contribution in [3.63, 3.8) is 0 Å². The third-order valence-electron chi connectivity index (χ3n) is 6.90. The molecule has 0 heterocycles. The molecule has 0 spiro atoms. The van der Waals surface area contributed by atoms with Gasteiger partial charge in [-0.2, -0.15) is 0 Å². The standard InChI is InChI=1S/C31H47O5P.Li/c1-7-11-14-23(9-3)21-35-25-18-19-29(28(20-25)36-22-24(10-4)15-12-8-2)37-31(32)30-26(33-5)16-13-17-27(30)34-6;/h13,16-20,23-24,37H,7-12,14-15,21-22H2,1-6H3;/q;+1. The van der Waals surface area contributed by atoms with Crippen molar-refractivity contribution >= 4 is 19.4 Å². The molecule has 2 aromatic carbocycles. The van der Waals surface area contributed by atoms with E-state index in [1.165, 1.54) is 32.1 Å². The summed E-state index contributed by atoms with van der Waals surface area (Å²) >= 11 is 0.